The summed E-state index contributed by atoms with van der Waals surface area (Å²) in [4.78, 5) is 18.6. The quantitative estimate of drug-likeness (QED) is 0.611. The molecule has 0 radical (unpaired) electrons. The Balaban J connectivity index is 1.82. The molecule has 1 saturated heterocycles. The summed E-state index contributed by atoms with van der Waals surface area (Å²) in [5.41, 5.74) is 1.51. The van der Waals surface area contributed by atoms with Crippen LogP contribution < -0.4 is 9.47 Å². The standard InChI is InChI=1S/C23H22F2N4O4/c1-23(2,12-26)14-4-5-29-16(9-27-19(29)8-14)13-6-17(32-3)20(18(7-13)33-22(24)25)21(31)28-10-15(30)11-28/h4-9,15,22,30H,10-11H2,1-3H3. The van der Waals surface area contributed by atoms with Crippen LogP contribution in [0, 0.1) is 11.3 Å². The molecular formula is C23H22F2N4O4. The van der Waals surface area contributed by atoms with Gasteiger partial charge in [0, 0.05) is 24.8 Å². The number of ether oxygens (including phenoxy) is 2. The van der Waals surface area contributed by atoms with E-state index in [9.17, 15) is 23.9 Å². The number of imidazole rings is 1. The largest absolute Gasteiger partial charge is 0.496 e. The summed E-state index contributed by atoms with van der Waals surface area (Å²) in [7, 11) is 1.33. The third-order valence-electron chi connectivity index (χ3n) is 5.68. The first-order valence-electron chi connectivity index (χ1n) is 10.2. The van der Waals surface area contributed by atoms with Crippen LogP contribution >= 0.6 is 0 Å². The number of fused-ring (bicyclic) bond motifs is 1. The van der Waals surface area contributed by atoms with Gasteiger partial charge in [0.15, 0.2) is 0 Å². The molecule has 0 aliphatic carbocycles. The Bertz CT molecular complexity index is 1260. The van der Waals surface area contributed by atoms with Crippen LogP contribution in [-0.2, 0) is 5.41 Å². The number of hydrogen-bond donors (Lipinski definition) is 1. The molecule has 33 heavy (non-hydrogen) atoms. The Hall–Kier alpha value is -3.71. The minimum atomic E-state index is -3.16. The highest BCUT2D eigenvalue weighted by atomic mass is 19.3. The van der Waals surface area contributed by atoms with Crippen molar-refractivity contribution in [2.45, 2.75) is 32.0 Å². The summed E-state index contributed by atoms with van der Waals surface area (Å²) >= 11 is 0. The molecule has 1 aliphatic heterocycles. The van der Waals surface area contributed by atoms with Crippen molar-refractivity contribution in [1.29, 1.82) is 5.26 Å². The zero-order valence-electron chi connectivity index (χ0n) is 18.2. The zero-order chi connectivity index (χ0) is 23.9. The first-order valence-corrected chi connectivity index (χ1v) is 10.2. The second-order valence-electron chi connectivity index (χ2n) is 8.32. The lowest BCUT2D eigenvalue weighted by atomic mass is 9.87. The van der Waals surface area contributed by atoms with E-state index in [0.717, 1.165) is 5.56 Å². The average molecular weight is 456 g/mol. The van der Waals surface area contributed by atoms with E-state index < -0.39 is 24.0 Å². The molecule has 172 valence electrons. The SMILES string of the molecule is COc1cc(-c2cnc3cc(C(C)(C)C#N)ccn23)cc(OC(F)F)c1C(=O)N1CC(O)C1. The molecule has 1 N–H and O–H groups in total. The van der Waals surface area contributed by atoms with E-state index in [1.54, 1.807) is 48.8 Å². The van der Waals surface area contributed by atoms with Crippen molar-refractivity contribution in [3.05, 3.63) is 47.8 Å². The van der Waals surface area contributed by atoms with Crippen LogP contribution in [0.2, 0.25) is 0 Å². The summed E-state index contributed by atoms with van der Waals surface area (Å²) in [6.07, 6.45) is 2.66. The molecule has 1 aliphatic rings. The molecule has 0 bridgehead atoms. The van der Waals surface area contributed by atoms with Crippen LogP contribution in [0.5, 0.6) is 11.5 Å². The number of hydrogen-bond acceptors (Lipinski definition) is 6. The van der Waals surface area contributed by atoms with Gasteiger partial charge in [-0.15, -0.1) is 0 Å². The molecule has 0 unspecified atom stereocenters. The van der Waals surface area contributed by atoms with Crippen molar-refractivity contribution in [3.8, 4) is 28.8 Å². The van der Waals surface area contributed by atoms with E-state index in [2.05, 4.69) is 11.1 Å². The maximum atomic E-state index is 13.2. The van der Waals surface area contributed by atoms with Gasteiger partial charge in [0.1, 0.15) is 22.7 Å². The van der Waals surface area contributed by atoms with Crippen molar-refractivity contribution in [2.75, 3.05) is 20.2 Å². The summed E-state index contributed by atoms with van der Waals surface area (Å²) < 4.78 is 38.2. The van der Waals surface area contributed by atoms with Crippen LogP contribution in [0.25, 0.3) is 16.9 Å². The van der Waals surface area contributed by atoms with E-state index in [1.807, 2.05) is 0 Å². The normalized spacial score (nSPS) is 14.3. The van der Waals surface area contributed by atoms with Gasteiger partial charge in [0.05, 0.1) is 36.6 Å². The highest BCUT2D eigenvalue weighted by molar-refractivity contribution is 6.01. The second-order valence-corrected chi connectivity index (χ2v) is 8.32. The number of halogens is 2. The minimum absolute atomic E-state index is 0.0618. The molecule has 3 aromatic rings. The maximum absolute atomic E-state index is 13.2. The minimum Gasteiger partial charge on any atom is -0.496 e. The van der Waals surface area contributed by atoms with Gasteiger partial charge in [-0.3, -0.25) is 9.20 Å². The first kappa shape index (κ1) is 22.5. The number of nitriles is 1. The molecule has 10 heteroatoms. The van der Waals surface area contributed by atoms with Gasteiger partial charge in [-0.25, -0.2) is 4.98 Å². The number of aromatic nitrogens is 2. The summed E-state index contributed by atoms with van der Waals surface area (Å²) in [6, 6.07) is 8.72. The van der Waals surface area contributed by atoms with Gasteiger partial charge in [0.2, 0.25) is 0 Å². The molecule has 0 atom stereocenters. The molecule has 3 heterocycles. The molecule has 8 nitrogen and oxygen atoms in total. The van der Waals surface area contributed by atoms with E-state index >= 15 is 0 Å². The van der Waals surface area contributed by atoms with E-state index in [4.69, 9.17) is 9.47 Å². The van der Waals surface area contributed by atoms with Crippen molar-refractivity contribution in [1.82, 2.24) is 14.3 Å². The van der Waals surface area contributed by atoms with Crippen molar-refractivity contribution in [3.63, 3.8) is 0 Å². The van der Waals surface area contributed by atoms with Gasteiger partial charge in [-0.2, -0.15) is 14.0 Å². The third-order valence-corrected chi connectivity index (χ3v) is 5.68. The van der Waals surface area contributed by atoms with Crippen LogP contribution in [0.3, 0.4) is 0 Å². The molecule has 2 aromatic heterocycles. The Kier molecular flexibility index (Phi) is 5.68. The van der Waals surface area contributed by atoms with Crippen LogP contribution in [0.1, 0.15) is 29.8 Å². The lowest BCUT2D eigenvalue weighted by Crippen LogP contribution is -2.53. The molecular weight excluding hydrogens is 434 g/mol. The van der Waals surface area contributed by atoms with E-state index in [-0.39, 0.29) is 30.2 Å². The van der Waals surface area contributed by atoms with Gasteiger partial charge in [-0.05, 0) is 43.7 Å². The molecule has 1 fully saturated rings. The number of aliphatic hydroxyl groups excluding tert-OH is 1. The van der Waals surface area contributed by atoms with Crippen LogP contribution in [0.4, 0.5) is 8.78 Å². The number of β-amino-alcohol motifs (C(OH)–C–C–N with tert-alkyl or cyclic N) is 1. The summed E-state index contributed by atoms with van der Waals surface area (Å²) in [6.45, 7) is 0.651. The van der Waals surface area contributed by atoms with E-state index in [1.165, 1.54) is 18.1 Å². The Morgan fingerprint density at radius 3 is 2.61 bits per heavy atom. The van der Waals surface area contributed by atoms with Gasteiger partial charge < -0.3 is 19.5 Å². The van der Waals surface area contributed by atoms with Gasteiger partial charge in [-0.1, -0.05) is 0 Å². The monoisotopic (exact) mass is 456 g/mol. The number of alkyl halides is 2. The second kappa shape index (κ2) is 8.33. The van der Waals surface area contributed by atoms with E-state index in [0.29, 0.717) is 16.9 Å². The van der Waals surface area contributed by atoms with Gasteiger partial charge in [0.25, 0.3) is 5.91 Å². The highest BCUT2D eigenvalue weighted by Gasteiger charge is 2.34. The number of aliphatic hydroxyl groups is 1. The van der Waals surface area contributed by atoms with Crippen molar-refractivity contribution >= 4 is 11.6 Å². The lowest BCUT2D eigenvalue weighted by molar-refractivity contribution is -0.0507. The number of rotatable bonds is 6. The van der Waals surface area contributed by atoms with Crippen molar-refractivity contribution < 1.29 is 28.2 Å². The number of methoxy groups -OCH3 is 1. The number of likely N-dealkylation sites (tertiary alicyclic amines) is 1. The molecule has 1 amide bonds. The summed E-state index contributed by atoms with van der Waals surface area (Å²) in [5.74, 6) is -0.837. The lowest BCUT2D eigenvalue weighted by Gasteiger charge is -2.36. The highest BCUT2D eigenvalue weighted by Crippen LogP contribution is 2.38. The maximum Gasteiger partial charge on any atom is 0.387 e. The van der Waals surface area contributed by atoms with Crippen LogP contribution in [-0.4, -0.2) is 58.2 Å². The fraction of sp³-hybridized carbons (Fsp3) is 0.348. The molecule has 1 aromatic carbocycles. The molecule has 0 spiro atoms. The third kappa shape index (κ3) is 4.07. The Labute approximate surface area is 188 Å². The number of carbonyl (C=O) groups excluding carboxylic acids is 1. The number of nitrogens with zero attached hydrogens (tertiary/aromatic N) is 4. The smallest absolute Gasteiger partial charge is 0.387 e. The topological polar surface area (TPSA) is 100 Å². The predicted molar refractivity (Wildman–Crippen MR) is 114 cm³/mol. The first-order chi connectivity index (χ1) is 15.6. The average Bonchev–Trinajstić information content (AvgIpc) is 3.19. The number of pyridine rings is 1. The van der Waals surface area contributed by atoms with Crippen molar-refractivity contribution in [2.24, 2.45) is 0 Å². The fourth-order valence-electron chi connectivity index (χ4n) is 3.73. The fourth-order valence-corrected chi connectivity index (χ4v) is 3.73. The van der Waals surface area contributed by atoms with Crippen LogP contribution in [0.15, 0.2) is 36.7 Å². The van der Waals surface area contributed by atoms with Gasteiger partial charge >= 0.3 is 6.61 Å². The number of benzene rings is 1. The predicted octanol–water partition coefficient (Wildman–Crippen LogP) is 3.23. The molecule has 0 saturated carbocycles. The number of carbonyl (C=O) groups is 1. The summed E-state index contributed by atoms with van der Waals surface area (Å²) in [5, 5.41) is 18.9. The molecule has 4 rings (SSSR count). The number of amides is 1. The zero-order valence-corrected chi connectivity index (χ0v) is 18.2. The Morgan fingerprint density at radius 2 is 2.00 bits per heavy atom. The Morgan fingerprint density at radius 1 is 1.30 bits per heavy atom.